The third-order valence-electron chi connectivity index (χ3n) is 3.17. The SMILES string of the molecule is CNc1cc(C)c(S(=O)(=O)Nc2cc(C)ccn2)c(C)c1. The zero-order valence-corrected chi connectivity index (χ0v) is 13.4. The predicted molar refractivity (Wildman–Crippen MR) is 85.2 cm³/mol. The number of aryl methyl sites for hydroxylation is 3. The van der Waals surface area contributed by atoms with Gasteiger partial charge in [0.05, 0.1) is 4.90 Å². The smallest absolute Gasteiger partial charge is 0.263 e. The van der Waals surface area contributed by atoms with Crippen LogP contribution >= 0.6 is 0 Å². The largest absolute Gasteiger partial charge is 0.388 e. The lowest BCUT2D eigenvalue weighted by atomic mass is 10.1. The molecule has 0 saturated carbocycles. The minimum absolute atomic E-state index is 0.296. The number of pyridine rings is 1. The molecule has 2 aromatic rings. The summed E-state index contributed by atoms with van der Waals surface area (Å²) in [7, 11) is -1.85. The van der Waals surface area contributed by atoms with E-state index in [0.717, 1.165) is 11.3 Å². The Morgan fingerprint density at radius 3 is 2.19 bits per heavy atom. The van der Waals surface area contributed by atoms with Crippen LogP contribution in [0.4, 0.5) is 11.5 Å². The number of rotatable bonds is 4. The lowest BCUT2D eigenvalue weighted by molar-refractivity contribution is 0.600. The number of anilines is 2. The Morgan fingerprint density at radius 2 is 1.67 bits per heavy atom. The lowest BCUT2D eigenvalue weighted by Crippen LogP contribution is -2.16. The van der Waals surface area contributed by atoms with E-state index in [2.05, 4.69) is 15.0 Å². The van der Waals surface area contributed by atoms with Crippen LogP contribution in [0, 0.1) is 20.8 Å². The zero-order valence-electron chi connectivity index (χ0n) is 12.6. The van der Waals surface area contributed by atoms with Gasteiger partial charge in [0.1, 0.15) is 5.82 Å². The quantitative estimate of drug-likeness (QED) is 0.911. The van der Waals surface area contributed by atoms with Crippen LogP contribution in [-0.2, 0) is 10.0 Å². The van der Waals surface area contributed by atoms with Crippen molar-refractivity contribution in [3.63, 3.8) is 0 Å². The molecule has 1 aromatic carbocycles. The van der Waals surface area contributed by atoms with Gasteiger partial charge in [0, 0.05) is 18.9 Å². The van der Waals surface area contributed by atoms with Crippen LogP contribution in [0.25, 0.3) is 0 Å². The maximum atomic E-state index is 12.6. The molecule has 112 valence electrons. The molecular formula is C15H19N3O2S. The van der Waals surface area contributed by atoms with Crippen molar-refractivity contribution in [1.29, 1.82) is 0 Å². The summed E-state index contributed by atoms with van der Waals surface area (Å²) in [6.45, 7) is 5.45. The van der Waals surface area contributed by atoms with Gasteiger partial charge in [0.2, 0.25) is 0 Å². The van der Waals surface area contributed by atoms with Gasteiger partial charge in [-0.05, 0) is 61.7 Å². The summed E-state index contributed by atoms with van der Waals surface area (Å²) >= 11 is 0. The van der Waals surface area contributed by atoms with Crippen molar-refractivity contribution in [3.8, 4) is 0 Å². The van der Waals surface area contributed by atoms with Crippen LogP contribution in [0.3, 0.4) is 0 Å². The van der Waals surface area contributed by atoms with Crippen molar-refractivity contribution >= 4 is 21.5 Å². The summed E-state index contributed by atoms with van der Waals surface area (Å²) in [5.74, 6) is 0.325. The number of sulfonamides is 1. The van der Waals surface area contributed by atoms with Crippen molar-refractivity contribution < 1.29 is 8.42 Å². The van der Waals surface area contributed by atoms with E-state index in [-0.39, 0.29) is 0 Å². The Bertz CT molecular complexity index is 747. The Morgan fingerprint density at radius 1 is 1.05 bits per heavy atom. The first-order valence-electron chi connectivity index (χ1n) is 6.58. The van der Waals surface area contributed by atoms with Crippen molar-refractivity contribution in [2.24, 2.45) is 0 Å². The number of benzene rings is 1. The van der Waals surface area contributed by atoms with E-state index in [1.165, 1.54) is 0 Å². The minimum Gasteiger partial charge on any atom is -0.388 e. The average molecular weight is 305 g/mol. The fraction of sp³-hybridized carbons (Fsp3) is 0.267. The summed E-state index contributed by atoms with van der Waals surface area (Å²) in [5, 5.41) is 3.02. The van der Waals surface area contributed by atoms with Crippen LogP contribution in [0.5, 0.6) is 0 Å². The van der Waals surface area contributed by atoms with Gasteiger partial charge < -0.3 is 5.32 Å². The molecule has 0 amide bonds. The van der Waals surface area contributed by atoms with Crippen molar-refractivity contribution in [2.75, 3.05) is 17.1 Å². The van der Waals surface area contributed by atoms with Gasteiger partial charge >= 0.3 is 0 Å². The maximum Gasteiger partial charge on any atom is 0.263 e. The summed E-state index contributed by atoms with van der Waals surface area (Å²) in [6, 6.07) is 7.14. The number of hydrogen-bond donors (Lipinski definition) is 2. The average Bonchev–Trinajstić information content (AvgIpc) is 2.36. The molecule has 1 aromatic heterocycles. The molecule has 0 fully saturated rings. The van der Waals surface area contributed by atoms with E-state index < -0.39 is 10.0 Å². The first-order valence-corrected chi connectivity index (χ1v) is 8.06. The topological polar surface area (TPSA) is 71.1 Å². The van der Waals surface area contributed by atoms with E-state index in [9.17, 15) is 8.42 Å². The monoisotopic (exact) mass is 305 g/mol. The van der Waals surface area contributed by atoms with Crippen LogP contribution in [0.15, 0.2) is 35.4 Å². The summed E-state index contributed by atoms with van der Waals surface area (Å²) in [4.78, 5) is 4.34. The van der Waals surface area contributed by atoms with Gasteiger partial charge in [0.15, 0.2) is 0 Å². The van der Waals surface area contributed by atoms with Crippen molar-refractivity contribution in [1.82, 2.24) is 4.98 Å². The molecule has 0 aliphatic rings. The summed E-state index contributed by atoms with van der Waals surface area (Å²) in [6.07, 6.45) is 1.58. The van der Waals surface area contributed by atoms with Crippen molar-refractivity contribution in [3.05, 3.63) is 47.2 Å². The molecule has 0 aliphatic carbocycles. The highest BCUT2D eigenvalue weighted by molar-refractivity contribution is 7.92. The second kappa shape index (κ2) is 5.73. The molecule has 2 rings (SSSR count). The molecule has 0 unspecified atom stereocenters. The molecule has 0 spiro atoms. The van der Waals surface area contributed by atoms with Gasteiger partial charge in [-0.25, -0.2) is 13.4 Å². The molecule has 0 saturated heterocycles. The van der Waals surface area contributed by atoms with Gasteiger partial charge in [-0.15, -0.1) is 0 Å². The highest BCUT2D eigenvalue weighted by atomic mass is 32.2. The van der Waals surface area contributed by atoms with Crippen LogP contribution in [0.1, 0.15) is 16.7 Å². The number of nitrogens with zero attached hydrogens (tertiary/aromatic N) is 1. The molecule has 5 nitrogen and oxygen atoms in total. The molecule has 0 aliphatic heterocycles. The Balaban J connectivity index is 2.45. The van der Waals surface area contributed by atoms with Crippen LogP contribution in [-0.4, -0.2) is 20.4 Å². The fourth-order valence-corrected chi connectivity index (χ4v) is 3.75. The van der Waals surface area contributed by atoms with Crippen LogP contribution < -0.4 is 10.0 Å². The lowest BCUT2D eigenvalue weighted by Gasteiger charge is -2.14. The third-order valence-corrected chi connectivity index (χ3v) is 4.83. The molecule has 0 bridgehead atoms. The fourth-order valence-electron chi connectivity index (χ4n) is 2.30. The van der Waals surface area contributed by atoms with E-state index >= 15 is 0 Å². The van der Waals surface area contributed by atoms with E-state index in [1.54, 1.807) is 33.2 Å². The normalized spacial score (nSPS) is 11.2. The molecule has 6 heteroatoms. The second-order valence-corrected chi connectivity index (χ2v) is 6.63. The molecule has 2 N–H and O–H groups in total. The van der Waals surface area contributed by atoms with Gasteiger partial charge in [0.25, 0.3) is 10.0 Å². The summed E-state index contributed by atoms with van der Waals surface area (Å²) in [5.41, 5.74) is 3.22. The minimum atomic E-state index is -3.66. The zero-order chi connectivity index (χ0) is 15.6. The van der Waals surface area contributed by atoms with Gasteiger partial charge in [-0.3, -0.25) is 4.72 Å². The molecule has 0 atom stereocenters. The number of nitrogens with one attached hydrogen (secondary N) is 2. The first-order chi connectivity index (χ1) is 9.83. The van der Waals surface area contributed by atoms with E-state index in [1.807, 2.05) is 25.1 Å². The van der Waals surface area contributed by atoms with Gasteiger partial charge in [-0.1, -0.05) is 0 Å². The van der Waals surface area contributed by atoms with Gasteiger partial charge in [-0.2, -0.15) is 0 Å². The molecular weight excluding hydrogens is 286 g/mol. The van der Waals surface area contributed by atoms with E-state index in [4.69, 9.17) is 0 Å². The first kappa shape index (κ1) is 15.3. The highest BCUT2D eigenvalue weighted by Crippen LogP contribution is 2.26. The van der Waals surface area contributed by atoms with Crippen molar-refractivity contribution in [2.45, 2.75) is 25.7 Å². The standard InChI is InChI=1S/C15H19N3O2S/c1-10-5-6-17-14(7-10)18-21(19,20)15-11(2)8-13(16-4)9-12(15)3/h5-9,16H,1-4H3,(H,17,18). The summed E-state index contributed by atoms with van der Waals surface area (Å²) < 4.78 is 27.7. The highest BCUT2D eigenvalue weighted by Gasteiger charge is 2.20. The third kappa shape index (κ3) is 3.33. The predicted octanol–water partition coefficient (Wildman–Crippen LogP) is 2.85. The molecule has 21 heavy (non-hydrogen) atoms. The molecule has 0 radical (unpaired) electrons. The van der Waals surface area contributed by atoms with Crippen LogP contribution in [0.2, 0.25) is 0 Å². The maximum absolute atomic E-state index is 12.6. The number of aromatic nitrogens is 1. The number of hydrogen-bond acceptors (Lipinski definition) is 4. The Hall–Kier alpha value is -2.08. The molecule has 1 heterocycles. The van der Waals surface area contributed by atoms with E-state index in [0.29, 0.717) is 21.8 Å². The Kier molecular flexibility index (Phi) is 4.18. The second-order valence-electron chi connectivity index (χ2n) is 5.01. The Labute approximate surface area is 125 Å².